The summed E-state index contributed by atoms with van der Waals surface area (Å²) in [5.74, 6) is 0.603. The fourth-order valence-electron chi connectivity index (χ4n) is 3.55. The van der Waals surface area contributed by atoms with E-state index in [1.54, 1.807) is 12.0 Å². The molecular weight excluding hydrogens is 318 g/mol. The van der Waals surface area contributed by atoms with Crippen molar-refractivity contribution in [3.05, 3.63) is 23.8 Å². The third-order valence-corrected chi connectivity index (χ3v) is 5.43. The van der Waals surface area contributed by atoms with Crippen LogP contribution in [0.4, 0.5) is 5.69 Å². The van der Waals surface area contributed by atoms with Gasteiger partial charge in [-0.25, -0.2) is 0 Å². The van der Waals surface area contributed by atoms with Crippen LogP contribution >= 0.6 is 0 Å². The Morgan fingerprint density at radius 3 is 2.76 bits per heavy atom. The third-order valence-electron chi connectivity index (χ3n) is 5.43. The predicted octanol–water partition coefficient (Wildman–Crippen LogP) is 1.60. The standard InChI is InChI=1S/C19H27N3O3/c1-12-4-7-16(25-3)15(8-12)22-10-13(9-17(22)23)18(24)21-19(2,11-20)14-5-6-14/h4,7-8,13-14H,5-6,9-11,20H2,1-3H3,(H,21,24). The maximum Gasteiger partial charge on any atom is 0.227 e. The molecule has 1 saturated carbocycles. The summed E-state index contributed by atoms with van der Waals surface area (Å²) in [6.45, 7) is 4.76. The summed E-state index contributed by atoms with van der Waals surface area (Å²) in [4.78, 5) is 26.9. The fraction of sp³-hybridized carbons (Fsp3) is 0.579. The highest BCUT2D eigenvalue weighted by Gasteiger charge is 2.44. The number of anilines is 1. The molecule has 25 heavy (non-hydrogen) atoms. The van der Waals surface area contributed by atoms with Gasteiger partial charge in [-0.3, -0.25) is 9.59 Å². The molecule has 2 aliphatic rings. The smallest absolute Gasteiger partial charge is 0.227 e. The third kappa shape index (κ3) is 3.49. The van der Waals surface area contributed by atoms with Gasteiger partial charge in [0.2, 0.25) is 11.8 Å². The average Bonchev–Trinajstić information content (AvgIpc) is 3.38. The summed E-state index contributed by atoms with van der Waals surface area (Å²) in [7, 11) is 1.58. The number of aryl methyl sites for hydroxylation is 1. The van der Waals surface area contributed by atoms with Crippen LogP contribution in [0.3, 0.4) is 0 Å². The average molecular weight is 345 g/mol. The topological polar surface area (TPSA) is 84.7 Å². The van der Waals surface area contributed by atoms with Gasteiger partial charge in [-0.15, -0.1) is 0 Å². The molecule has 0 bridgehead atoms. The molecule has 1 aliphatic carbocycles. The first-order chi connectivity index (χ1) is 11.9. The molecule has 2 amide bonds. The number of nitrogens with one attached hydrogen (secondary N) is 1. The zero-order valence-corrected chi connectivity index (χ0v) is 15.2. The first-order valence-corrected chi connectivity index (χ1v) is 8.85. The van der Waals surface area contributed by atoms with Crippen molar-refractivity contribution in [3.8, 4) is 5.75 Å². The van der Waals surface area contributed by atoms with Crippen molar-refractivity contribution >= 4 is 17.5 Å². The quantitative estimate of drug-likeness (QED) is 0.820. The molecule has 1 heterocycles. The number of carbonyl (C=O) groups excluding carboxylic acids is 2. The number of methoxy groups -OCH3 is 1. The zero-order valence-electron chi connectivity index (χ0n) is 15.2. The highest BCUT2D eigenvalue weighted by Crippen LogP contribution is 2.39. The van der Waals surface area contributed by atoms with Crippen LogP contribution in [0.1, 0.15) is 31.7 Å². The molecule has 2 atom stereocenters. The van der Waals surface area contributed by atoms with Crippen molar-refractivity contribution in [2.75, 3.05) is 25.1 Å². The fourth-order valence-corrected chi connectivity index (χ4v) is 3.55. The van der Waals surface area contributed by atoms with Crippen LogP contribution in [0, 0.1) is 18.8 Å². The van der Waals surface area contributed by atoms with Crippen LogP contribution in [-0.2, 0) is 9.59 Å². The second kappa shape index (κ2) is 6.67. The van der Waals surface area contributed by atoms with E-state index in [9.17, 15) is 9.59 Å². The van der Waals surface area contributed by atoms with E-state index in [0.717, 1.165) is 24.1 Å². The zero-order chi connectivity index (χ0) is 18.2. The van der Waals surface area contributed by atoms with Crippen molar-refractivity contribution in [2.24, 2.45) is 17.6 Å². The summed E-state index contributed by atoms with van der Waals surface area (Å²) in [6, 6.07) is 5.71. The molecule has 0 spiro atoms. The van der Waals surface area contributed by atoms with E-state index in [1.807, 2.05) is 32.0 Å². The maximum absolute atomic E-state index is 12.7. The Labute approximate surface area is 148 Å². The summed E-state index contributed by atoms with van der Waals surface area (Å²) in [6.07, 6.45) is 2.42. The van der Waals surface area contributed by atoms with Crippen molar-refractivity contribution in [3.63, 3.8) is 0 Å². The SMILES string of the molecule is COc1ccc(C)cc1N1CC(C(=O)NC(C)(CN)C2CC2)CC1=O. The Bertz CT molecular complexity index is 686. The Morgan fingerprint density at radius 1 is 1.44 bits per heavy atom. The number of rotatable bonds is 6. The number of hydrogen-bond donors (Lipinski definition) is 2. The van der Waals surface area contributed by atoms with Gasteiger partial charge in [0.05, 0.1) is 24.3 Å². The lowest BCUT2D eigenvalue weighted by Gasteiger charge is -2.30. The molecule has 1 aliphatic heterocycles. The van der Waals surface area contributed by atoms with Gasteiger partial charge in [0.25, 0.3) is 0 Å². The molecule has 3 rings (SSSR count). The van der Waals surface area contributed by atoms with Gasteiger partial charge in [-0.1, -0.05) is 6.07 Å². The number of carbonyl (C=O) groups is 2. The summed E-state index contributed by atoms with van der Waals surface area (Å²) in [5, 5.41) is 3.11. The Balaban J connectivity index is 1.74. The second-order valence-corrected chi connectivity index (χ2v) is 7.47. The van der Waals surface area contributed by atoms with E-state index >= 15 is 0 Å². The van der Waals surface area contributed by atoms with Gasteiger partial charge in [0, 0.05) is 19.5 Å². The maximum atomic E-state index is 12.7. The molecule has 6 nitrogen and oxygen atoms in total. The summed E-state index contributed by atoms with van der Waals surface area (Å²) < 4.78 is 5.38. The minimum Gasteiger partial charge on any atom is -0.495 e. The molecule has 136 valence electrons. The monoisotopic (exact) mass is 345 g/mol. The van der Waals surface area contributed by atoms with E-state index in [2.05, 4.69) is 5.32 Å². The van der Waals surface area contributed by atoms with E-state index in [0.29, 0.717) is 24.8 Å². The molecule has 0 radical (unpaired) electrons. The van der Waals surface area contributed by atoms with Crippen LogP contribution in [0.15, 0.2) is 18.2 Å². The Hall–Kier alpha value is -2.08. The number of hydrogen-bond acceptors (Lipinski definition) is 4. The highest BCUT2D eigenvalue weighted by atomic mass is 16.5. The number of benzene rings is 1. The van der Waals surface area contributed by atoms with Gasteiger partial charge in [0.15, 0.2) is 0 Å². The van der Waals surface area contributed by atoms with Gasteiger partial charge in [0.1, 0.15) is 5.75 Å². The van der Waals surface area contributed by atoms with Crippen molar-refractivity contribution in [2.45, 2.75) is 38.6 Å². The first kappa shape index (κ1) is 17.7. The van der Waals surface area contributed by atoms with E-state index in [1.165, 1.54) is 0 Å². The first-order valence-electron chi connectivity index (χ1n) is 8.85. The van der Waals surface area contributed by atoms with Crippen molar-refractivity contribution in [1.29, 1.82) is 0 Å². The minimum atomic E-state index is -0.366. The lowest BCUT2D eigenvalue weighted by Crippen LogP contribution is -2.54. The molecule has 2 fully saturated rings. The van der Waals surface area contributed by atoms with Gasteiger partial charge in [-0.05, 0) is 50.3 Å². The molecule has 0 aromatic heterocycles. The van der Waals surface area contributed by atoms with Crippen LogP contribution in [-0.4, -0.2) is 37.6 Å². The summed E-state index contributed by atoms with van der Waals surface area (Å²) >= 11 is 0. The Kier molecular flexibility index (Phi) is 4.73. The number of ether oxygens (including phenoxy) is 1. The lowest BCUT2D eigenvalue weighted by atomic mass is 9.94. The van der Waals surface area contributed by atoms with E-state index in [-0.39, 0.29) is 29.7 Å². The van der Waals surface area contributed by atoms with E-state index in [4.69, 9.17) is 10.5 Å². The van der Waals surface area contributed by atoms with Crippen molar-refractivity contribution in [1.82, 2.24) is 5.32 Å². The predicted molar refractivity (Wildman–Crippen MR) is 96.5 cm³/mol. The van der Waals surface area contributed by atoms with Crippen LogP contribution in [0.25, 0.3) is 0 Å². The van der Waals surface area contributed by atoms with Gasteiger partial charge >= 0.3 is 0 Å². The second-order valence-electron chi connectivity index (χ2n) is 7.47. The van der Waals surface area contributed by atoms with Crippen LogP contribution in [0.5, 0.6) is 5.75 Å². The summed E-state index contributed by atoms with van der Waals surface area (Å²) in [5.41, 5.74) is 7.29. The largest absolute Gasteiger partial charge is 0.495 e. The molecular formula is C19H27N3O3. The van der Waals surface area contributed by atoms with E-state index < -0.39 is 0 Å². The van der Waals surface area contributed by atoms with Crippen LogP contribution < -0.4 is 20.7 Å². The minimum absolute atomic E-state index is 0.0510. The molecule has 3 N–H and O–H groups in total. The Morgan fingerprint density at radius 2 is 2.16 bits per heavy atom. The lowest BCUT2D eigenvalue weighted by molar-refractivity contribution is -0.128. The molecule has 6 heteroatoms. The van der Waals surface area contributed by atoms with Gasteiger partial charge < -0.3 is 20.7 Å². The normalized spacial score (nSPS) is 22.6. The van der Waals surface area contributed by atoms with Gasteiger partial charge in [-0.2, -0.15) is 0 Å². The number of nitrogens with two attached hydrogens (primary N) is 1. The molecule has 1 aromatic carbocycles. The number of amides is 2. The highest BCUT2D eigenvalue weighted by molar-refractivity contribution is 6.01. The van der Waals surface area contributed by atoms with Crippen LogP contribution in [0.2, 0.25) is 0 Å². The number of nitrogens with zero attached hydrogens (tertiary/aromatic N) is 1. The molecule has 1 saturated heterocycles. The van der Waals surface area contributed by atoms with Crippen molar-refractivity contribution < 1.29 is 14.3 Å². The molecule has 2 unspecified atom stereocenters. The molecule has 1 aromatic rings.